The maximum atomic E-state index is 6.42. The van der Waals surface area contributed by atoms with Crippen molar-refractivity contribution in [1.29, 1.82) is 0 Å². The number of ether oxygens (including phenoxy) is 1. The molecule has 0 spiro atoms. The highest BCUT2D eigenvalue weighted by Crippen LogP contribution is 2.47. The van der Waals surface area contributed by atoms with Gasteiger partial charge in [-0.1, -0.05) is 55.5 Å². The van der Waals surface area contributed by atoms with Crippen molar-refractivity contribution in [3.8, 4) is 0 Å². The Morgan fingerprint density at radius 1 is 1.09 bits per heavy atom. The molecule has 6 rings (SSSR count). The molecule has 1 aliphatic heterocycles. The predicted molar refractivity (Wildman–Crippen MR) is 174 cm³/mol. The lowest BCUT2D eigenvalue weighted by atomic mass is 9.73. The molecule has 3 aromatic heterocycles. The van der Waals surface area contributed by atoms with Crippen molar-refractivity contribution < 1.29 is 4.74 Å². The van der Waals surface area contributed by atoms with Crippen LogP contribution >= 0.6 is 11.3 Å². The van der Waals surface area contributed by atoms with Crippen LogP contribution in [0, 0.1) is 19.3 Å². The predicted octanol–water partition coefficient (Wildman–Crippen LogP) is 7.54. The second-order valence-corrected chi connectivity index (χ2v) is 14.0. The number of benzene rings is 2. The molecule has 43 heavy (non-hydrogen) atoms. The summed E-state index contributed by atoms with van der Waals surface area (Å²) in [6, 6.07) is 19.9. The molecule has 4 heterocycles. The summed E-state index contributed by atoms with van der Waals surface area (Å²) in [7, 11) is 0. The molecule has 2 atom stereocenters. The number of hydrogen-bond donors (Lipinski definition) is 0. The van der Waals surface area contributed by atoms with Crippen LogP contribution in [0.2, 0.25) is 0 Å². The number of likely N-dealkylation sites (tertiary alicyclic amines) is 1. The first kappa shape index (κ1) is 29.7. The third-order valence-electron chi connectivity index (χ3n) is 9.06. The topological polar surface area (TPSA) is 61.0 Å². The SMILES string of the molecule is CCn1nnc2c(C)c([C@H](c3cc(CN4CCC[C@H](n5cccn5)C4)c(C)s3)C(C)(C)COCc3ccccc3)ccc21. The van der Waals surface area contributed by atoms with E-state index in [-0.39, 0.29) is 11.3 Å². The van der Waals surface area contributed by atoms with Crippen LogP contribution in [0.5, 0.6) is 0 Å². The molecule has 0 saturated carbocycles. The van der Waals surface area contributed by atoms with Gasteiger partial charge in [-0.25, -0.2) is 4.68 Å². The molecule has 0 unspecified atom stereocenters. The summed E-state index contributed by atoms with van der Waals surface area (Å²) in [6.45, 7) is 16.5. The van der Waals surface area contributed by atoms with E-state index in [0.717, 1.165) is 37.2 Å². The Hall–Kier alpha value is -3.33. The molecule has 0 radical (unpaired) electrons. The molecule has 0 bridgehead atoms. The standard InChI is InChI=1S/C35H44N6OS/c1-6-40-31-16-15-30(25(2)34(31)37-38-40)33(35(4,5)24-42-23-27-12-8-7-9-13-27)32-20-28(26(3)43-32)21-39-18-10-14-29(22-39)41-19-11-17-36-41/h7-9,11-13,15-17,19-20,29,33H,6,10,14,18,21-24H2,1-5H3/t29-,33+/m0/s1. The van der Waals surface area contributed by atoms with Crippen LogP contribution < -0.4 is 0 Å². The Morgan fingerprint density at radius 3 is 2.70 bits per heavy atom. The van der Waals surface area contributed by atoms with Crippen molar-refractivity contribution in [2.24, 2.45) is 5.41 Å². The molecular formula is C35H44N6OS. The minimum Gasteiger partial charge on any atom is -0.376 e. The number of rotatable bonds is 11. The van der Waals surface area contributed by atoms with Crippen LogP contribution in [0.25, 0.3) is 11.0 Å². The van der Waals surface area contributed by atoms with Gasteiger partial charge in [0.05, 0.1) is 24.8 Å². The number of nitrogens with zero attached hydrogens (tertiary/aromatic N) is 6. The van der Waals surface area contributed by atoms with Gasteiger partial charge in [0.2, 0.25) is 0 Å². The molecule has 0 N–H and O–H groups in total. The fraction of sp³-hybridized carbons (Fsp3) is 0.457. The number of piperidine rings is 1. The maximum absolute atomic E-state index is 6.42. The van der Waals surface area contributed by atoms with E-state index >= 15 is 0 Å². The van der Waals surface area contributed by atoms with Gasteiger partial charge in [-0.3, -0.25) is 9.58 Å². The number of aryl methyl sites for hydroxylation is 3. The quantitative estimate of drug-likeness (QED) is 0.158. The van der Waals surface area contributed by atoms with Crippen LogP contribution in [0.15, 0.2) is 67.0 Å². The Balaban J connectivity index is 1.30. The normalized spacial score (nSPS) is 17.1. The third kappa shape index (κ3) is 6.33. The van der Waals surface area contributed by atoms with Crippen molar-refractivity contribution in [3.63, 3.8) is 0 Å². The smallest absolute Gasteiger partial charge is 0.116 e. The van der Waals surface area contributed by atoms with Gasteiger partial charge in [0.25, 0.3) is 0 Å². The highest BCUT2D eigenvalue weighted by molar-refractivity contribution is 7.12. The molecular weight excluding hydrogens is 552 g/mol. The van der Waals surface area contributed by atoms with Gasteiger partial charge in [-0.2, -0.15) is 5.10 Å². The number of aromatic nitrogens is 5. The van der Waals surface area contributed by atoms with E-state index in [1.165, 1.54) is 44.8 Å². The Labute approximate surface area is 259 Å². The molecule has 7 nitrogen and oxygen atoms in total. The number of fused-ring (bicyclic) bond motifs is 1. The highest BCUT2D eigenvalue weighted by atomic mass is 32.1. The minimum absolute atomic E-state index is 0.154. The fourth-order valence-electron chi connectivity index (χ4n) is 6.75. The second-order valence-electron chi connectivity index (χ2n) is 12.7. The van der Waals surface area contributed by atoms with Gasteiger partial charge in [-0.05, 0) is 86.0 Å². The minimum atomic E-state index is -0.154. The fourth-order valence-corrected chi connectivity index (χ4v) is 8.12. The molecule has 5 aromatic rings. The summed E-state index contributed by atoms with van der Waals surface area (Å²) in [6.07, 6.45) is 6.39. The van der Waals surface area contributed by atoms with Crippen molar-refractivity contribution in [1.82, 2.24) is 29.7 Å². The van der Waals surface area contributed by atoms with E-state index < -0.39 is 0 Å². The first-order chi connectivity index (χ1) is 20.8. The van der Waals surface area contributed by atoms with E-state index in [2.05, 4.69) is 114 Å². The highest BCUT2D eigenvalue weighted by Gasteiger charge is 2.36. The largest absolute Gasteiger partial charge is 0.376 e. The van der Waals surface area contributed by atoms with Gasteiger partial charge in [0, 0.05) is 47.7 Å². The molecule has 1 fully saturated rings. The zero-order chi connectivity index (χ0) is 30.0. The number of hydrogen-bond acceptors (Lipinski definition) is 6. The molecule has 0 aliphatic carbocycles. The maximum Gasteiger partial charge on any atom is 0.116 e. The molecule has 1 aliphatic rings. The Morgan fingerprint density at radius 2 is 1.93 bits per heavy atom. The molecule has 226 valence electrons. The van der Waals surface area contributed by atoms with Crippen molar-refractivity contribution in [3.05, 3.63) is 99.0 Å². The van der Waals surface area contributed by atoms with E-state index in [9.17, 15) is 0 Å². The zero-order valence-corrected chi connectivity index (χ0v) is 27.0. The molecule has 0 amide bonds. The third-order valence-corrected chi connectivity index (χ3v) is 10.2. The summed E-state index contributed by atoms with van der Waals surface area (Å²) in [5, 5.41) is 13.6. The van der Waals surface area contributed by atoms with E-state index in [1.54, 1.807) is 0 Å². The summed E-state index contributed by atoms with van der Waals surface area (Å²) in [4.78, 5) is 5.41. The van der Waals surface area contributed by atoms with E-state index in [4.69, 9.17) is 4.74 Å². The van der Waals surface area contributed by atoms with Crippen LogP contribution in [-0.4, -0.2) is 49.4 Å². The first-order valence-corrected chi connectivity index (χ1v) is 16.4. The van der Waals surface area contributed by atoms with Crippen LogP contribution in [0.4, 0.5) is 0 Å². The summed E-state index contributed by atoms with van der Waals surface area (Å²) in [5.41, 5.74) is 7.10. The van der Waals surface area contributed by atoms with Gasteiger partial charge >= 0.3 is 0 Å². The molecule has 8 heteroatoms. The van der Waals surface area contributed by atoms with Crippen molar-refractivity contribution in [2.45, 2.75) is 79.1 Å². The molecule has 1 saturated heterocycles. The van der Waals surface area contributed by atoms with Crippen molar-refractivity contribution in [2.75, 3.05) is 19.7 Å². The van der Waals surface area contributed by atoms with Gasteiger partial charge in [-0.15, -0.1) is 16.4 Å². The Kier molecular flexibility index (Phi) is 8.80. The van der Waals surface area contributed by atoms with Gasteiger partial charge in [0.1, 0.15) is 5.52 Å². The van der Waals surface area contributed by atoms with Gasteiger partial charge < -0.3 is 4.74 Å². The van der Waals surface area contributed by atoms with Crippen LogP contribution in [0.3, 0.4) is 0 Å². The number of thiophene rings is 1. The lowest BCUT2D eigenvalue weighted by Crippen LogP contribution is -2.36. The second kappa shape index (κ2) is 12.7. The zero-order valence-electron chi connectivity index (χ0n) is 26.2. The molecule has 2 aromatic carbocycles. The van der Waals surface area contributed by atoms with Crippen molar-refractivity contribution >= 4 is 22.4 Å². The monoisotopic (exact) mass is 596 g/mol. The first-order valence-electron chi connectivity index (χ1n) is 15.6. The summed E-state index contributed by atoms with van der Waals surface area (Å²) in [5.74, 6) is 0.162. The Bertz CT molecular complexity index is 1640. The lowest BCUT2D eigenvalue weighted by Gasteiger charge is -2.35. The van der Waals surface area contributed by atoms with Crippen LogP contribution in [0.1, 0.15) is 77.6 Å². The average molecular weight is 597 g/mol. The lowest BCUT2D eigenvalue weighted by molar-refractivity contribution is 0.0437. The summed E-state index contributed by atoms with van der Waals surface area (Å²) >= 11 is 1.94. The van der Waals surface area contributed by atoms with Gasteiger partial charge in [0.15, 0.2) is 0 Å². The van der Waals surface area contributed by atoms with E-state index in [0.29, 0.717) is 19.3 Å². The van der Waals surface area contributed by atoms with Crippen LogP contribution in [-0.2, 0) is 24.4 Å². The summed E-state index contributed by atoms with van der Waals surface area (Å²) < 4.78 is 10.5. The average Bonchev–Trinajstić information content (AvgIpc) is 3.76. The van der Waals surface area contributed by atoms with E-state index in [1.807, 2.05) is 28.3 Å².